The molecule has 0 aromatic carbocycles. The molecule has 0 unspecified atom stereocenters. The molecule has 0 amide bonds. The normalized spacial score (nSPS) is 12.2. The minimum absolute atomic E-state index is 0.192. The molecule has 0 saturated carbocycles. The van der Waals surface area contributed by atoms with Gasteiger partial charge in [0.25, 0.3) is 0 Å². The SMILES string of the molecule is CC(C)(C)n1cc2nncnn2c1=O. The number of imidazole rings is 1. The van der Waals surface area contributed by atoms with E-state index in [0.717, 1.165) is 0 Å². The summed E-state index contributed by atoms with van der Waals surface area (Å²) in [7, 11) is 0. The molecule has 0 aliphatic rings. The van der Waals surface area contributed by atoms with Crippen LogP contribution in [-0.4, -0.2) is 24.4 Å². The monoisotopic (exact) mass is 193 g/mol. The van der Waals surface area contributed by atoms with E-state index in [1.54, 1.807) is 10.8 Å². The highest BCUT2D eigenvalue weighted by molar-refractivity contribution is 5.31. The van der Waals surface area contributed by atoms with Crippen LogP contribution >= 0.6 is 0 Å². The lowest BCUT2D eigenvalue weighted by molar-refractivity contribution is 0.382. The lowest BCUT2D eigenvalue weighted by Gasteiger charge is -2.18. The average Bonchev–Trinajstić information content (AvgIpc) is 2.44. The molecule has 0 saturated heterocycles. The Bertz CT molecular complexity index is 518. The highest BCUT2D eigenvalue weighted by Crippen LogP contribution is 2.10. The molecule has 2 aromatic heterocycles. The zero-order valence-corrected chi connectivity index (χ0v) is 8.30. The van der Waals surface area contributed by atoms with Crippen molar-refractivity contribution in [2.75, 3.05) is 0 Å². The third-order valence-electron chi connectivity index (χ3n) is 1.95. The van der Waals surface area contributed by atoms with E-state index in [1.165, 1.54) is 10.8 Å². The summed E-state index contributed by atoms with van der Waals surface area (Å²) in [6, 6.07) is 0. The van der Waals surface area contributed by atoms with Crippen molar-refractivity contribution < 1.29 is 0 Å². The number of aromatic nitrogens is 5. The maximum absolute atomic E-state index is 11.8. The summed E-state index contributed by atoms with van der Waals surface area (Å²) >= 11 is 0. The van der Waals surface area contributed by atoms with Gasteiger partial charge in [-0.2, -0.15) is 4.52 Å². The Morgan fingerprint density at radius 2 is 2.07 bits per heavy atom. The number of hydrogen-bond donors (Lipinski definition) is 0. The minimum Gasteiger partial charge on any atom is -0.290 e. The fourth-order valence-corrected chi connectivity index (χ4v) is 1.24. The molecule has 2 aromatic rings. The lowest BCUT2D eigenvalue weighted by Crippen LogP contribution is -2.33. The van der Waals surface area contributed by atoms with Crippen molar-refractivity contribution in [1.82, 2.24) is 24.4 Å². The van der Waals surface area contributed by atoms with E-state index in [-0.39, 0.29) is 11.2 Å². The second kappa shape index (κ2) is 2.63. The van der Waals surface area contributed by atoms with Crippen molar-refractivity contribution in [3.05, 3.63) is 23.0 Å². The fraction of sp³-hybridized carbons (Fsp3) is 0.500. The van der Waals surface area contributed by atoms with Crippen LogP contribution in [0, 0.1) is 0 Å². The van der Waals surface area contributed by atoms with Crippen LogP contribution in [-0.2, 0) is 5.54 Å². The molecule has 0 aliphatic carbocycles. The van der Waals surface area contributed by atoms with Gasteiger partial charge in [0.1, 0.15) is 0 Å². The third-order valence-corrected chi connectivity index (χ3v) is 1.95. The van der Waals surface area contributed by atoms with Gasteiger partial charge in [-0.15, -0.1) is 15.3 Å². The van der Waals surface area contributed by atoms with Crippen LogP contribution < -0.4 is 5.69 Å². The van der Waals surface area contributed by atoms with Crippen LogP contribution in [0.15, 0.2) is 17.3 Å². The molecular formula is C8H11N5O. The minimum atomic E-state index is -0.271. The van der Waals surface area contributed by atoms with Gasteiger partial charge in [0.05, 0.1) is 6.20 Å². The molecule has 0 atom stereocenters. The van der Waals surface area contributed by atoms with Gasteiger partial charge in [-0.3, -0.25) is 4.57 Å². The highest BCUT2D eigenvalue weighted by Gasteiger charge is 2.18. The topological polar surface area (TPSA) is 65.1 Å². The van der Waals surface area contributed by atoms with Crippen molar-refractivity contribution in [1.29, 1.82) is 0 Å². The first kappa shape index (κ1) is 8.86. The van der Waals surface area contributed by atoms with Gasteiger partial charge in [0.2, 0.25) is 0 Å². The van der Waals surface area contributed by atoms with Crippen LogP contribution in [0.5, 0.6) is 0 Å². The number of fused-ring (bicyclic) bond motifs is 1. The Kier molecular flexibility index (Phi) is 1.67. The molecule has 0 bridgehead atoms. The summed E-state index contributed by atoms with van der Waals surface area (Å²) in [6.45, 7) is 5.84. The third kappa shape index (κ3) is 1.19. The zero-order chi connectivity index (χ0) is 10.3. The van der Waals surface area contributed by atoms with Gasteiger partial charge >= 0.3 is 5.69 Å². The number of rotatable bonds is 0. The Labute approximate surface area is 80.2 Å². The summed E-state index contributed by atoms with van der Waals surface area (Å²) < 4.78 is 2.82. The van der Waals surface area contributed by atoms with Crippen LogP contribution in [0.25, 0.3) is 5.65 Å². The molecule has 0 aliphatic heterocycles. The molecular weight excluding hydrogens is 182 g/mol. The maximum atomic E-state index is 11.8. The van der Waals surface area contributed by atoms with Crippen molar-refractivity contribution in [3.63, 3.8) is 0 Å². The summed E-state index contributed by atoms with van der Waals surface area (Å²) in [5.74, 6) is 0. The molecule has 2 rings (SSSR count). The Balaban J connectivity index is 2.82. The predicted molar refractivity (Wildman–Crippen MR) is 50.0 cm³/mol. The second-order valence-electron chi connectivity index (χ2n) is 4.07. The zero-order valence-electron chi connectivity index (χ0n) is 8.30. The van der Waals surface area contributed by atoms with Gasteiger partial charge in [0.15, 0.2) is 12.0 Å². The summed E-state index contributed by atoms with van der Waals surface area (Å²) in [6.07, 6.45) is 2.91. The molecule has 74 valence electrons. The van der Waals surface area contributed by atoms with Crippen molar-refractivity contribution in [3.8, 4) is 0 Å². The Morgan fingerprint density at radius 3 is 2.64 bits per heavy atom. The standard InChI is InChI=1S/C8H11N5O/c1-8(2,3)12-4-6-11-9-5-10-13(6)7(12)14/h4-5H,1-3H3. The van der Waals surface area contributed by atoms with E-state index < -0.39 is 0 Å². The van der Waals surface area contributed by atoms with Crippen molar-refractivity contribution >= 4 is 5.65 Å². The van der Waals surface area contributed by atoms with E-state index in [2.05, 4.69) is 15.3 Å². The fourth-order valence-electron chi connectivity index (χ4n) is 1.24. The van der Waals surface area contributed by atoms with E-state index in [0.29, 0.717) is 5.65 Å². The largest absolute Gasteiger partial charge is 0.351 e. The molecule has 0 spiro atoms. The average molecular weight is 193 g/mol. The number of hydrogen-bond acceptors (Lipinski definition) is 4. The summed E-state index contributed by atoms with van der Waals surface area (Å²) in [4.78, 5) is 11.8. The quantitative estimate of drug-likeness (QED) is 0.592. The molecule has 0 fully saturated rings. The van der Waals surface area contributed by atoms with Gasteiger partial charge in [0, 0.05) is 5.54 Å². The van der Waals surface area contributed by atoms with Crippen LogP contribution in [0.3, 0.4) is 0 Å². The van der Waals surface area contributed by atoms with Gasteiger partial charge in [-0.05, 0) is 20.8 Å². The van der Waals surface area contributed by atoms with Crippen LogP contribution in [0.1, 0.15) is 20.8 Å². The first-order valence-corrected chi connectivity index (χ1v) is 4.29. The smallest absolute Gasteiger partial charge is 0.290 e. The van der Waals surface area contributed by atoms with Crippen molar-refractivity contribution in [2.45, 2.75) is 26.3 Å². The summed E-state index contributed by atoms with van der Waals surface area (Å²) in [5.41, 5.74) is 0.00162. The number of nitrogens with zero attached hydrogens (tertiary/aromatic N) is 5. The van der Waals surface area contributed by atoms with Gasteiger partial charge in [-0.25, -0.2) is 4.79 Å². The molecule has 6 nitrogen and oxygen atoms in total. The molecule has 6 heteroatoms. The van der Waals surface area contributed by atoms with Crippen LogP contribution in [0.2, 0.25) is 0 Å². The molecule has 0 N–H and O–H groups in total. The summed E-state index contributed by atoms with van der Waals surface area (Å²) in [5, 5.41) is 11.2. The van der Waals surface area contributed by atoms with E-state index in [1.807, 2.05) is 20.8 Å². The van der Waals surface area contributed by atoms with E-state index in [4.69, 9.17) is 0 Å². The van der Waals surface area contributed by atoms with E-state index in [9.17, 15) is 4.79 Å². The van der Waals surface area contributed by atoms with Gasteiger partial charge < -0.3 is 0 Å². The van der Waals surface area contributed by atoms with Crippen molar-refractivity contribution in [2.24, 2.45) is 0 Å². The maximum Gasteiger partial charge on any atom is 0.351 e. The van der Waals surface area contributed by atoms with Crippen LogP contribution in [0.4, 0.5) is 0 Å². The molecule has 0 radical (unpaired) electrons. The molecule has 2 heterocycles. The Morgan fingerprint density at radius 1 is 1.36 bits per heavy atom. The first-order chi connectivity index (χ1) is 6.50. The van der Waals surface area contributed by atoms with Gasteiger partial charge in [-0.1, -0.05) is 0 Å². The first-order valence-electron chi connectivity index (χ1n) is 4.29. The van der Waals surface area contributed by atoms with E-state index >= 15 is 0 Å². The highest BCUT2D eigenvalue weighted by atomic mass is 16.2. The Hall–Kier alpha value is -1.72. The predicted octanol–water partition coefficient (Wildman–Crippen LogP) is 0.0410. The second-order valence-corrected chi connectivity index (χ2v) is 4.07. The molecule has 14 heavy (non-hydrogen) atoms. The lowest BCUT2D eigenvalue weighted by atomic mass is 10.1.